The number of hydrogen-bond donors (Lipinski definition) is 2. The Labute approximate surface area is 114 Å². The van der Waals surface area contributed by atoms with Crippen LogP contribution < -0.4 is 10.6 Å². The molecule has 1 aliphatic heterocycles. The summed E-state index contributed by atoms with van der Waals surface area (Å²) >= 11 is 5.76. The van der Waals surface area contributed by atoms with Gasteiger partial charge in [0.1, 0.15) is 17.6 Å². The predicted molar refractivity (Wildman–Crippen MR) is 67.6 cm³/mol. The lowest BCUT2D eigenvalue weighted by Gasteiger charge is -2.26. The Morgan fingerprint density at radius 1 is 1.53 bits per heavy atom. The van der Waals surface area contributed by atoms with E-state index in [4.69, 9.17) is 20.8 Å². The molecule has 0 spiro atoms. The highest BCUT2D eigenvalue weighted by Gasteiger charge is 2.34. The molecule has 1 aromatic heterocycles. The van der Waals surface area contributed by atoms with E-state index in [2.05, 4.69) is 10.6 Å². The molecule has 0 bridgehead atoms. The van der Waals surface area contributed by atoms with E-state index < -0.39 is 18.0 Å². The van der Waals surface area contributed by atoms with Crippen molar-refractivity contribution >= 4 is 23.6 Å². The van der Waals surface area contributed by atoms with Crippen molar-refractivity contribution in [2.75, 3.05) is 13.0 Å². The molecule has 2 amide bonds. The van der Waals surface area contributed by atoms with E-state index >= 15 is 0 Å². The third-order valence-electron chi connectivity index (χ3n) is 2.74. The van der Waals surface area contributed by atoms with Gasteiger partial charge in [0.25, 0.3) is 0 Å². The van der Waals surface area contributed by atoms with E-state index in [1.807, 2.05) is 0 Å². The number of methoxy groups -OCH3 is 1. The lowest BCUT2D eigenvalue weighted by atomic mass is 10.0. The average Bonchev–Trinajstić information content (AvgIpc) is 2.83. The van der Waals surface area contributed by atoms with Crippen LogP contribution in [-0.4, -0.2) is 25.0 Å². The molecule has 2 rings (SSSR count). The SMILES string of the molecule is COC(=O)C1=C(CCl)NC(=O)N[C@@H]1c1ccc(C)o1. The number of rotatable bonds is 3. The second kappa shape index (κ2) is 5.36. The highest BCUT2D eigenvalue weighted by Crippen LogP contribution is 2.29. The zero-order valence-electron chi connectivity index (χ0n) is 10.5. The van der Waals surface area contributed by atoms with Gasteiger partial charge in [-0.1, -0.05) is 0 Å². The number of aryl methyl sites for hydroxylation is 1. The van der Waals surface area contributed by atoms with Crippen molar-refractivity contribution < 1.29 is 18.7 Å². The molecule has 19 heavy (non-hydrogen) atoms. The van der Waals surface area contributed by atoms with Crippen molar-refractivity contribution in [3.63, 3.8) is 0 Å². The largest absolute Gasteiger partial charge is 0.466 e. The summed E-state index contributed by atoms with van der Waals surface area (Å²) < 4.78 is 10.2. The number of nitrogens with one attached hydrogen (secondary N) is 2. The summed E-state index contributed by atoms with van der Waals surface area (Å²) in [6.07, 6.45) is 0. The molecule has 1 aliphatic rings. The zero-order valence-corrected chi connectivity index (χ0v) is 11.2. The van der Waals surface area contributed by atoms with Gasteiger partial charge in [-0.15, -0.1) is 11.6 Å². The fourth-order valence-corrected chi connectivity index (χ4v) is 2.11. The summed E-state index contributed by atoms with van der Waals surface area (Å²) in [6.45, 7) is 1.77. The molecule has 1 aromatic rings. The third-order valence-corrected chi connectivity index (χ3v) is 3.01. The van der Waals surface area contributed by atoms with Crippen LogP contribution in [0.4, 0.5) is 4.79 Å². The van der Waals surface area contributed by atoms with Crippen LogP contribution in [0.5, 0.6) is 0 Å². The quantitative estimate of drug-likeness (QED) is 0.653. The first-order valence-corrected chi connectivity index (χ1v) is 6.11. The molecular formula is C12H13ClN2O4. The van der Waals surface area contributed by atoms with Crippen LogP contribution in [-0.2, 0) is 9.53 Å². The minimum atomic E-state index is -0.705. The Hall–Kier alpha value is -1.95. The molecule has 0 radical (unpaired) electrons. The van der Waals surface area contributed by atoms with Crippen LogP contribution in [0.15, 0.2) is 27.8 Å². The van der Waals surface area contributed by atoms with Gasteiger partial charge in [0.05, 0.1) is 18.6 Å². The number of carbonyl (C=O) groups is 2. The van der Waals surface area contributed by atoms with E-state index in [1.165, 1.54) is 7.11 Å². The molecule has 102 valence electrons. The minimum Gasteiger partial charge on any atom is -0.466 e. The first-order chi connectivity index (χ1) is 9.06. The first-order valence-electron chi connectivity index (χ1n) is 5.58. The summed E-state index contributed by atoms with van der Waals surface area (Å²) in [5.74, 6) is 0.561. The number of allylic oxidation sites excluding steroid dienone is 1. The Kier molecular flexibility index (Phi) is 3.80. The number of alkyl halides is 1. The van der Waals surface area contributed by atoms with Crippen molar-refractivity contribution in [1.29, 1.82) is 0 Å². The van der Waals surface area contributed by atoms with Gasteiger partial charge in [-0.05, 0) is 19.1 Å². The maximum absolute atomic E-state index is 11.9. The number of amides is 2. The van der Waals surface area contributed by atoms with Crippen LogP contribution in [0, 0.1) is 6.92 Å². The number of urea groups is 1. The van der Waals surface area contributed by atoms with E-state index in [-0.39, 0.29) is 11.5 Å². The molecular weight excluding hydrogens is 272 g/mol. The number of halogens is 1. The first kappa shape index (κ1) is 13.5. The van der Waals surface area contributed by atoms with E-state index in [0.29, 0.717) is 17.2 Å². The van der Waals surface area contributed by atoms with E-state index in [1.54, 1.807) is 19.1 Å². The Bertz CT molecular complexity index is 550. The van der Waals surface area contributed by atoms with Gasteiger partial charge < -0.3 is 19.8 Å². The van der Waals surface area contributed by atoms with Crippen molar-refractivity contribution in [2.24, 2.45) is 0 Å². The normalized spacial score (nSPS) is 18.9. The number of ether oxygens (including phenoxy) is 1. The van der Waals surface area contributed by atoms with Crippen LogP contribution in [0.1, 0.15) is 17.6 Å². The van der Waals surface area contributed by atoms with Gasteiger partial charge >= 0.3 is 12.0 Å². The molecule has 0 saturated heterocycles. The standard InChI is InChI=1S/C12H13ClN2O4/c1-6-3-4-8(19-6)10-9(11(16)18-2)7(5-13)14-12(17)15-10/h3-4,10H,5H2,1-2H3,(H2,14,15,17)/t10-/m1/s1. The molecule has 7 heteroatoms. The molecule has 1 atom stereocenters. The monoisotopic (exact) mass is 284 g/mol. The van der Waals surface area contributed by atoms with Gasteiger partial charge in [0.15, 0.2) is 0 Å². The van der Waals surface area contributed by atoms with Crippen LogP contribution in [0.2, 0.25) is 0 Å². The third kappa shape index (κ3) is 2.58. The topological polar surface area (TPSA) is 80.6 Å². The molecule has 0 aliphatic carbocycles. The number of esters is 1. The molecule has 0 fully saturated rings. The minimum absolute atomic E-state index is 0.00591. The van der Waals surface area contributed by atoms with Gasteiger partial charge in [-0.3, -0.25) is 0 Å². The van der Waals surface area contributed by atoms with Gasteiger partial charge in [-0.25, -0.2) is 9.59 Å². The zero-order chi connectivity index (χ0) is 14.0. The highest BCUT2D eigenvalue weighted by atomic mass is 35.5. The maximum Gasteiger partial charge on any atom is 0.338 e. The Balaban J connectivity index is 2.49. The summed E-state index contributed by atoms with van der Waals surface area (Å²) in [6, 6.07) is 2.30. The van der Waals surface area contributed by atoms with E-state index in [0.717, 1.165) is 0 Å². The fraction of sp³-hybridized carbons (Fsp3) is 0.333. The van der Waals surface area contributed by atoms with E-state index in [9.17, 15) is 9.59 Å². The van der Waals surface area contributed by atoms with Crippen molar-refractivity contribution in [2.45, 2.75) is 13.0 Å². The predicted octanol–water partition coefficient (Wildman–Crippen LogP) is 1.61. The highest BCUT2D eigenvalue weighted by molar-refractivity contribution is 6.20. The van der Waals surface area contributed by atoms with Crippen molar-refractivity contribution in [3.05, 3.63) is 34.9 Å². The molecule has 0 saturated carbocycles. The lowest BCUT2D eigenvalue weighted by molar-refractivity contribution is -0.136. The molecule has 6 nitrogen and oxygen atoms in total. The molecule has 0 unspecified atom stereocenters. The number of furan rings is 1. The maximum atomic E-state index is 11.9. The smallest absolute Gasteiger partial charge is 0.338 e. The average molecular weight is 285 g/mol. The van der Waals surface area contributed by atoms with Crippen LogP contribution in [0.25, 0.3) is 0 Å². The van der Waals surface area contributed by atoms with Gasteiger partial charge in [0.2, 0.25) is 0 Å². The fourth-order valence-electron chi connectivity index (χ4n) is 1.90. The second-order valence-electron chi connectivity index (χ2n) is 4.00. The molecule has 2 heterocycles. The summed E-state index contributed by atoms with van der Waals surface area (Å²) in [7, 11) is 1.27. The summed E-state index contributed by atoms with van der Waals surface area (Å²) in [5, 5.41) is 5.11. The second-order valence-corrected chi connectivity index (χ2v) is 4.26. The lowest BCUT2D eigenvalue weighted by Crippen LogP contribution is -2.46. The van der Waals surface area contributed by atoms with Gasteiger partial charge in [-0.2, -0.15) is 0 Å². The molecule has 0 aromatic carbocycles. The van der Waals surface area contributed by atoms with Crippen molar-refractivity contribution in [3.8, 4) is 0 Å². The van der Waals surface area contributed by atoms with Crippen molar-refractivity contribution in [1.82, 2.24) is 10.6 Å². The Morgan fingerprint density at radius 3 is 2.79 bits per heavy atom. The number of carbonyl (C=O) groups excluding carboxylic acids is 2. The van der Waals surface area contributed by atoms with Gasteiger partial charge in [0, 0.05) is 5.70 Å². The van der Waals surface area contributed by atoms with Crippen LogP contribution >= 0.6 is 11.6 Å². The molecule has 2 N–H and O–H groups in total. The summed E-state index contributed by atoms with van der Waals surface area (Å²) in [5.41, 5.74) is 0.558. The summed E-state index contributed by atoms with van der Waals surface area (Å²) in [4.78, 5) is 23.4. The number of hydrogen-bond acceptors (Lipinski definition) is 4. The Morgan fingerprint density at radius 2 is 2.26 bits per heavy atom. The van der Waals surface area contributed by atoms with Crippen LogP contribution in [0.3, 0.4) is 0 Å².